The SMILES string of the molecule is Cc1cc(C(C)N2Cc3c(ccnc3Cl)C3OC32)cnc1OCC(F)(F)F. The van der Waals surface area contributed by atoms with Crippen LogP contribution in [0.25, 0.3) is 0 Å². The number of rotatable bonds is 4. The predicted octanol–water partition coefficient (Wildman–Crippen LogP) is 4.35. The van der Waals surface area contributed by atoms with Crippen LogP contribution in [0.2, 0.25) is 5.15 Å². The Morgan fingerprint density at radius 1 is 1.41 bits per heavy atom. The third-order valence-electron chi connectivity index (χ3n) is 4.89. The van der Waals surface area contributed by atoms with E-state index in [1.54, 1.807) is 25.4 Å². The molecule has 1 fully saturated rings. The zero-order valence-electron chi connectivity index (χ0n) is 14.6. The number of ether oxygens (including phenoxy) is 2. The minimum atomic E-state index is -4.40. The molecular formula is C18H17ClF3N3O2. The Morgan fingerprint density at radius 2 is 2.19 bits per heavy atom. The molecule has 3 unspecified atom stereocenters. The maximum atomic E-state index is 12.3. The summed E-state index contributed by atoms with van der Waals surface area (Å²) in [6.45, 7) is 2.90. The van der Waals surface area contributed by atoms with Crippen LogP contribution in [0.5, 0.6) is 5.88 Å². The van der Waals surface area contributed by atoms with Gasteiger partial charge in [-0.25, -0.2) is 9.97 Å². The van der Waals surface area contributed by atoms with Crippen LogP contribution in [0.15, 0.2) is 24.5 Å². The number of epoxide rings is 1. The van der Waals surface area contributed by atoms with Crippen LogP contribution >= 0.6 is 11.6 Å². The summed E-state index contributed by atoms with van der Waals surface area (Å²) >= 11 is 6.25. The van der Waals surface area contributed by atoms with Gasteiger partial charge in [0.1, 0.15) is 17.5 Å². The molecule has 0 saturated carbocycles. The monoisotopic (exact) mass is 399 g/mol. The van der Waals surface area contributed by atoms with Gasteiger partial charge in [-0.1, -0.05) is 11.6 Å². The summed E-state index contributed by atoms with van der Waals surface area (Å²) in [7, 11) is 0. The van der Waals surface area contributed by atoms with E-state index in [0.29, 0.717) is 17.3 Å². The molecule has 0 spiro atoms. The molecule has 2 aromatic heterocycles. The van der Waals surface area contributed by atoms with Crippen molar-refractivity contribution in [2.45, 2.75) is 44.9 Å². The van der Waals surface area contributed by atoms with Gasteiger partial charge < -0.3 is 9.47 Å². The van der Waals surface area contributed by atoms with Gasteiger partial charge in [0.05, 0.1) is 0 Å². The standard InChI is InChI=1S/C18H17ClF3N3O2/c1-9-5-11(6-24-16(9)26-8-18(20,21)22)10(2)25-7-13-12(14-17(25)27-14)3-4-23-15(13)19/h3-6,10,14,17H,7-8H2,1-2H3. The fourth-order valence-corrected chi connectivity index (χ4v) is 3.65. The quantitative estimate of drug-likeness (QED) is 0.565. The third kappa shape index (κ3) is 3.61. The summed E-state index contributed by atoms with van der Waals surface area (Å²) in [6, 6.07) is 3.65. The number of hydrogen-bond donors (Lipinski definition) is 0. The van der Waals surface area contributed by atoms with Crippen molar-refractivity contribution in [3.05, 3.63) is 51.9 Å². The minimum Gasteiger partial charge on any atom is -0.468 e. The first-order valence-electron chi connectivity index (χ1n) is 8.45. The predicted molar refractivity (Wildman–Crippen MR) is 91.3 cm³/mol. The first kappa shape index (κ1) is 18.5. The van der Waals surface area contributed by atoms with Crippen molar-refractivity contribution >= 4 is 11.6 Å². The van der Waals surface area contributed by atoms with Crippen LogP contribution in [0.4, 0.5) is 13.2 Å². The van der Waals surface area contributed by atoms with Crippen LogP contribution in [0, 0.1) is 6.92 Å². The maximum absolute atomic E-state index is 12.3. The molecule has 0 aromatic carbocycles. The molecule has 0 radical (unpaired) electrons. The Labute approximate surface area is 159 Å². The van der Waals surface area contributed by atoms with Gasteiger partial charge >= 0.3 is 6.18 Å². The Balaban J connectivity index is 1.53. The molecule has 0 aliphatic carbocycles. The first-order chi connectivity index (χ1) is 12.7. The lowest BCUT2D eigenvalue weighted by molar-refractivity contribution is -0.154. The molecule has 0 N–H and O–H groups in total. The summed E-state index contributed by atoms with van der Waals surface area (Å²) < 4.78 is 47.6. The molecule has 0 amide bonds. The van der Waals surface area contributed by atoms with Crippen molar-refractivity contribution in [2.24, 2.45) is 0 Å². The fourth-order valence-electron chi connectivity index (χ4n) is 3.42. The second-order valence-electron chi connectivity index (χ2n) is 6.76. The molecule has 144 valence electrons. The number of pyridine rings is 2. The van der Waals surface area contributed by atoms with Crippen LogP contribution < -0.4 is 4.74 Å². The lowest BCUT2D eigenvalue weighted by Crippen LogP contribution is -2.33. The Hall–Kier alpha value is -1.90. The summed E-state index contributed by atoms with van der Waals surface area (Å²) in [6.07, 6.45) is -1.26. The van der Waals surface area contributed by atoms with Crippen molar-refractivity contribution in [3.8, 4) is 5.88 Å². The van der Waals surface area contributed by atoms with Gasteiger partial charge in [0, 0.05) is 36.1 Å². The third-order valence-corrected chi connectivity index (χ3v) is 5.21. The number of aromatic nitrogens is 2. The van der Waals surface area contributed by atoms with E-state index in [-0.39, 0.29) is 24.3 Å². The van der Waals surface area contributed by atoms with Crippen LogP contribution in [-0.2, 0) is 11.3 Å². The number of alkyl halides is 3. The summed E-state index contributed by atoms with van der Waals surface area (Å²) in [5.41, 5.74) is 3.42. The molecule has 27 heavy (non-hydrogen) atoms. The van der Waals surface area contributed by atoms with E-state index in [4.69, 9.17) is 21.1 Å². The molecule has 0 bridgehead atoms. The van der Waals surface area contributed by atoms with Gasteiger partial charge in [-0.15, -0.1) is 0 Å². The normalized spacial score (nSPS) is 22.7. The van der Waals surface area contributed by atoms with Crippen molar-refractivity contribution < 1.29 is 22.6 Å². The van der Waals surface area contributed by atoms with Crippen LogP contribution in [0.3, 0.4) is 0 Å². The highest BCUT2D eigenvalue weighted by molar-refractivity contribution is 6.30. The fraction of sp³-hybridized carbons (Fsp3) is 0.444. The number of nitrogens with zero attached hydrogens (tertiary/aromatic N) is 3. The number of halogens is 4. The maximum Gasteiger partial charge on any atom is 0.422 e. The first-order valence-corrected chi connectivity index (χ1v) is 8.83. The lowest BCUT2D eigenvalue weighted by atomic mass is 9.98. The van der Waals surface area contributed by atoms with Crippen LogP contribution in [0.1, 0.15) is 41.3 Å². The number of fused-ring (bicyclic) bond motifs is 3. The zero-order valence-corrected chi connectivity index (χ0v) is 15.4. The Morgan fingerprint density at radius 3 is 2.89 bits per heavy atom. The summed E-state index contributed by atoms with van der Waals surface area (Å²) in [4.78, 5) is 10.4. The average Bonchev–Trinajstić information content (AvgIpc) is 3.40. The molecule has 2 aliphatic rings. The van der Waals surface area contributed by atoms with E-state index in [2.05, 4.69) is 14.9 Å². The zero-order chi connectivity index (χ0) is 19.3. The molecule has 4 heterocycles. The smallest absolute Gasteiger partial charge is 0.422 e. The summed E-state index contributed by atoms with van der Waals surface area (Å²) in [5.74, 6) is -0.0138. The Kier molecular flexibility index (Phi) is 4.52. The molecule has 9 heteroatoms. The van der Waals surface area contributed by atoms with Gasteiger partial charge in [0.15, 0.2) is 6.61 Å². The molecule has 2 aromatic rings. The van der Waals surface area contributed by atoms with E-state index in [1.165, 1.54) is 0 Å². The second-order valence-corrected chi connectivity index (χ2v) is 7.12. The van der Waals surface area contributed by atoms with E-state index >= 15 is 0 Å². The summed E-state index contributed by atoms with van der Waals surface area (Å²) in [5, 5.41) is 0.462. The molecular weight excluding hydrogens is 383 g/mol. The molecule has 3 atom stereocenters. The highest BCUT2D eigenvalue weighted by Gasteiger charge is 2.51. The minimum absolute atomic E-state index is 0.0138. The van der Waals surface area contributed by atoms with Gasteiger partial charge in [-0.2, -0.15) is 13.2 Å². The van der Waals surface area contributed by atoms with Crippen molar-refractivity contribution in [1.29, 1.82) is 0 Å². The Bertz CT molecular complexity index is 877. The highest BCUT2D eigenvalue weighted by atomic mass is 35.5. The van der Waals surface area contributed by atoms with E-state index < -0.39 is 12.8 Å². The molecule has 2 aliphatic heterocycles. The largest absolute Gasteiger partial charge is 0.468 e. The number of hydrogen-bond acceptors (Lipinski definition) is 5. The van der Waals surface area contributed by atoms with Crippen molar-refractivity contribution in [1.82, 2.24) is 14.9 Å². The van der Waals surface area contributed by atoms with Gasteiger partial charge in [0.25, 0.3) is 0 Å². The number of aryl methyl sites for hydroxylation is 1. The topological polar surface area (TPSA) is 50.8 Å². The van der Waals surface area contributed by atoms with E-state index in [9.17, 15) is 13.2 Å². The molecule has 1 saturated heterocycles. The van der Waals surface area contributed by atoms with Crippen molar-refractivity contribution in [2.75, 3.05) is 6.61 Å². The van der Waals surface area contributed by atoms with E-state index in [0.717, 1.165) is 16.7 Å². The van der Waals surface area contributed by atoms with Crippen molar-refractivity contribution in [3.63, 3.8) is 0 Å². The van der Waals surface area contributed by atoms with Gasteiger partial charge in [0.2, 0.25) is 5.88 Å². The lowest BCUT2D eigenvalue weighted by Gasteiger charge is -2.31. The second kappa shape index (κ2) is 6.61. The van der Waals surface area contributed by atoms with Crippen LogP contribution in [-0.4, -0.2) is 33.9 Å². The van der Waals surface area contributed by atoms with E-state index in [1.807, 2.05) is 13.0 Å². The molecule has 4 rings (SSSR count). The highest BCUT2D eigenvalue weighted by Crippen LogP contribution is 2.50. The average molecular weight is 400 g/mol. The van der Waals surface area contributed by atoms with Gasteiger partial charge in [-0.05, 0) is 37.1 Å². The molecule has 5 nitrogen and oxygen atoms in total. The van der Waals surface area contributed by atoms with Gasteiger partial charge in [-0.3, -0.25) is 4.90 Å².